The molecule has 5 rings (SSSR count). The lowest BCUT2D eigenvalue weighted by Crippen LogP contribution is -2.46. The summed E-state index contributed by atoms with van der Waals surface area (Å²) in [6.45, 7) is 16.2. The molecule has 2 aliphatic heterocycles. The van der Waals surface area contributed by atoms with Gasteiger partial charge < -0.3 is 24.3 Å². The molecule has 0 aromatic heterocycles. The summed E-state index contributed by atoms with van der Waals surface area (Å²) in [4.78, 5) is 28.1. The van der Waals surface area contributed by atoms with E-state index in [-0.39, 0.29) is 36.1 Å². The van der Waals surface area contributed by atoms with E-state index in [2.05, 4.69) is 37.9 Å². The van der Waals surface area contributed by atoms with Crippen molar-refractivity contribution in [3.05, 3.63) is 0 Å². The molecule has 2 amide bonds. The number of alkyl halides is 1. The molecule has 3 aliphatic carbocycles. The Bertz CT molecular complexity index is 1010. The van der Waals surface area contributed by atoms with Gasteiger partial charge in [0.25, 0.3) is 0 Å². The van der Waals surface area contributed by atoms with E-state index in [1.54, 1.807) is 0 Å². The molecule has 0 aromatic carbocycles. The maximum Gasteiger partial charge on any atom is 0.461 e. The molecule has 45 heavy (non-hydrogen) atoms. The summed E-state index contributed by atoms with van der Waals surface area (Å²) in [7, 11) is -0.121. The van der Waals surface area contributed by atoms with E-state index in [0.717, 1.165) is 64.5 Å². The molecule has 256 valence electrons. The fraction of sp³-hybridized carbons (Fsp3) is 0.944. The van der Waals surface area contributed by atoms with Crippen LogP contribution >= 0.6 is 0 Å². The number of nitrogens with zero attached hydrogens (tertiary/aromatic N) is 1. The van der Waals surface area contributed by atoms with Crippen molar-refractivity contribution in [2.24, 2.45) is 35.5 Å². The number of rotatable bonds is 6. The summed E-state index contributed by atoms with van der Waals surface area (Å²) in [5.74, 6) is 2.77. The van der Waals surface area contributed by atoms with Gasteiger partial charge in [0.05, 0.1) is 11.2 Å². The molecule has 7 atom stereocenters. The van der Waals surface area contributed by atoms with E-state index >= 15 is 4.39 Å². The number of nitrogens with one attached hydrogen (secondary N) is 1. The lowest BCUT2D eigenvalue weighted by Gasteiger charge is -2.43. The quantitative estimate of drug-likeness (QED) is 0.301. The van der Waals surface area contributed by atoms with Crippen molar-refractivity contribution in [3.8, 4) is 0 Å². The second-order valence-corrected chi connectivity index (χ2v) is 17.3. The van der Waals surface area contributed by atoms with Crippen LogP contribution in [0.1, 0.15) is 132 Å². The highest BCUT2D eigenvalue weighted by molar-refractivity contribution is 6.47. The molecule has 2 saturated heterocycles. The Morgan fingerprint density at radius 2 is 1.47 bits per heavy atom. The average molecular weight is 633 g/mol. The number of carbonyl (C=O) groups excluding carboxylic acids is 2. The third-order valence-corrected chi connectivity index (χ3v) is 12.5. The Kier molecular flexibility index (Phi) is 10.9. The summed E-state index contributed by atoms with van der Waals surface area (Å²) in [6.07, 6.45) is 11.9. The Morgan fingerprint density at radius 3 is 2.11 bits per heavy atom. The van der Waals surface area contributed by atoms with E-state index in [1.165, 1.54) is 25.7 Å². The van der Waals surface area contributed by atoms with E-state index in [0.29, 0.717) is 42.4 Å². The van der Waals surface area contributed by atoms with Gasteiger partial charge in [0.2, 0.25) is 5.91 Å². The molecule has 5 fully saturated rings. The second-order valence-electron chi connectivity index (χ2n) is 17.3. The minimum Gasteiger partial charge on any atom is -0.444 e. The molecule has 9 heteroatoms. The number of halogens is 1. The zero-order valence-corrected chi connectivity index (χ0v) is 29.4. The molecule has 1 N–H and O–H groups in total. The van der Waals surface area contributed by atoms with Gasteiger partial charge in [-0.25, -0.2) is 9.18 Å². The van der Waals surface area contributed by atoms with E-state index in [4.69, 9.17) is 14.0 Å². The smallest absolute Gasteiger partial charge is 0.444 e. The summed E-state index contributed by atoms with van der Waals surface area (Å²) < 4.78 is 33.5. The van der Waals surface area contributed by atoms with Crippen LogP contribution in [0.4, 0.5) is 9.18 Å². The van der Waals surface area contributed by atoms with Crippen molar-refractivity contribution < 1.29 is 28.0 Å². The Labute approximate surface area is 273 Å². The van der Waals surface area contributed by atoms with Crippen LogP contribution in [0.5, 0.6) is 0 Å². The third kappa shape index (κ3) is 8.58. The van der Waals surface area contributed by atoms with Crippen LogP contribution < -0.4 is 5.32 Å². The van der Waals surface area contributed by atoms with Crippen LogP contribution in [-0.4, -0.2) is 66.6 Å². The standard InChI is InChI=1S/C36H62BFN2O5/c1-34(2,3)43-33(42)39-23-24-14-15-31(38)30(20-24)25-16-18-40(19-17-25)32(41)28-12-8-10-26(21-28)27-11-9-13-29(22-27)37-44-35(4,5)36(6,7)45-37/h24-31H,8-23H2,1-7H3,(H,39,42). The lowest BCUT2D eigenvalue weighted by molar-refractivity contribution is -0.139. The molecular weight excluding hydrogens is 570 g/mol. The molecular formula is C36H62BFN2O5. The van der Waals surface area contributed by atoms with E-state index < -0.39 is 17.9 Å². The zero-order chi connectivity index (χ0) is 32.6. The topological polar surface area (TPSA) is 77.1 Å². The average Bonchev–Trinajstić information content (AvgIpc) is 3.22. The van der Waals surface area contributed by atoms with Crippen molar-refractivity contribution in [1.82, 2.24) is 10.2 Å². The Hall–Kier alpha value is -1.35. The van der Waals surface area contributed by atoms with Crippen LogP contribution in [-0.2, 0) is 18.8 Å². The number of carbonyl (C=O) groups is 2. The molecule has 0 spiro atoms. The van der Waals surface area contributed by atoms with Crippen LogP contribution in [0.25, 0.3) is 0 Å². The number of amides is 2. The number of hydrogen-bond acceptors (Lipinski definition) is 5. The van der Waals surface area contributed by atoms with Gasteiger partial charge in [0.15, 0.2) is 0 Å². The van der Waals surface area contributed by atoms with Crippen LogP contribution in [0, 0.1) is 35.5 Å². The Morgan fingerprint density at radius 1 is 0.844 bits per heavy atom. The van der Waals surface area contributed by atoms with Gasteiger partial charge in [-0.05, 0) is 135 Å². The molecule has 7 nitrogen and oxygen atoms in total. The fourth-order valence-corrected chi connectivity index (χ4v) is 9.18. The summed E-state index contributed by atoms with van der Waals surface area (Å²) in [6, 6.07) is 0. The predicted octanol–water partition coefficient (Wildman–Crippen LogP) is 7.96. The Balaban J connectivity index is 1.08. The maximum atomic E-state index is 15.2. The lowest BCUT2D eigenvalue weighted by atomic mass is 9.58. The van der Waals surface area contributed by atoms with Crippen LogP contribution in [0.2, 0.25) is 5.82 Å². The van der Waals surface area contributed by atoms with Gasteiger partial charge in [0.1, 0.15) is 11.8 Å². The summed E-state index contributed by atoms with van der Waals surface area (Å²) in [5.41, 5.74) is -1.10. The number of hydrogen-bond donors (Lipinski definition) is 1. The van der Waals surface area contributed by atoms with Gasteiger partial charge >= 0.3 is 13.2 Å². The SMILES string of the molecule is CC(C)(C)OC(=O)NCC1CCC(F)C(C2CCN(C(=O)C3CCCC(C4CCCC(B5OC(C)(C)C(C)(C)O5)C4)C3)CC2)C1. The molecule has 7 unspecified atom stereocenters. The number of ether oxygens (including phenoxy) is 1. The first-order valence-corrected chi connectivity index (χ1v) is 18.4. The number of piperidine rings is 1. The normalized spacial score (nSPS) is 36.0. The first kappa shape index (κ1) is 35.0. The van der Waals surface area contributed by atoms with Crippen molar-refractivity contribution in [3.63, 3.8) is 0 Å². The predicted molar refractivity (Wildman–Crippen MR) is 177 cm³/mol. The minimum atomic E-state index is -0.786. The van der Waals surface area contributed by atoms with Gasteiger partial charge in [-0.2, -0.15) is 0 Å². The van der Waals surface area contributed by atoms with E-state index in [1.807, 2.05) is 20.8 Å². The maximum absolute atomic E-state index is 15.2. The van der Waals surface area contributed by atoms with Crippen LogP contribution in [0.15, 0.2) is 0 Å². The van der Waals surface area contributed by atoms with Gasteiger partial charge in [0, 0.05) is 25.6 Å². The fourth-order valence-electron chi connectivity index (χ4n) is 9.18. The summed E-state index contributed by atoms with van der Waals surface area (Å²) >= 11 is 0. The van der Waals surface area contributed by atoms with Crippen molar-refractivity contribution in [2.75, 3.05) is 19.6 Å². The zero-order valence-electron chi connectivity index (χ0n) is 29.4. The largest absolute Gasteiger partial charge is 0.461 e. The third-order valence-electron chi connectivity index (χ3n) is 12.5. The molecule has 0 bridgehead atoms. The minimum absolute atomic E-state index is 0.0173. The summed E-state index contributed by atoms with van der Waals surface area (Å²) in [5, 5.41) is 2.91. The monoisotopic (exact) mass is 632 g/mol. The van der Waals surface area contributed by atoms with E-state index in [9.17, 15) is 9.59 Å². The van der Waals surface area contributed by atoms with Gasteiger partial charge in [-0.3, -0.25) is 4.79 Å². The van der Waals surface area contributed by atoms with Gasteiger partial charge in [-0.15, -0.1) is 0 Å². The molecule has 3 saturated carbocycles. The molecule has 0 radical (unpaired) electrons. The molecule has 5 aliphatic rings. The highest BCUT2D eigenvalue weighted by atomic mass is 19.1. The highest BCUT2D eigenvalue weighted by Gasteiger charge is 2.54. The van der Waals surface area contributed by atoms with Crippen molar-refractivity contribution >= 4 is 19.1 Å². The van der Waals surface area contributed by atoms with Crippen molar-refractivity contribution in [2.45, 2.75) is 161 Å². The first-order chi connectivity index (χ1) is 21.1. The van der Waals surface area contributed by atoms with Gasteiger partial charge in [-0.1, -0.05) is 32.1 Å². The second kappa shape index (κ2) is 14.0. The highest BCUT2D eigenvalue weighted by Crippen LogP contribution is 2.49. The molecule has 0 aromatic rings. The number of likely N-dealkylation sites (tertiary alicyclic amines) is 1. The van der Waals surface area contributed by atoms with Crippen LogP contribution in [0.3, 0.4) is 0 Å². The van der Waals surface area contributed by atoms with Crippen molar-refractivity contribution in [1.29, 1.82) is 0 Å². The number of alkyl carbamates (subject to hydrolysis) is 1. The first-order valence-electron chi connectivity index (χ1n) is 18.4. The molecule has 2 heterocycles.